The molecule has 1 unspecified atom stereocenters. The average molecular weight is 211 g/mol. The highest BCUT2D eigenvalue weighted by Gasteiger charge is 2.12. The van der Waals surface area contributed by atoms with Crippen LogP contribution in [0.15, 0.2) is 12.7 Å². The van der Waals surface area contributed by atoms with Crippen LogP contribution in [-0.4, -0.2) is 35.7 Å². The normalized spacial score (nSPS) is 21.7. The predicted molar refractivity (Wildman–Crippen MR) is 65.0 cm³/mol. The molecule has 1 atom stereocenters. The maximum absolute atomic E-state index is 9.81. The van der Waals surface area contributed by atoms with E-state index in [1.165, 1.54) is 45.2 Å². The van der Waals surface area contributed by atoms with E-state index in [0.29, 0.717) is 0 Å². The van der Waals surface area contributed by atoms with Crippen molar-refractivity contribution < 1.29 is 5.11 Å². The second kappa shape index (κ2) is 7.89. The summed E-state index contributed by atoms with van der Waals surface area (Å²) in [6.07, 6.45) is 10.2. The second-order valence-electron chi connectivity index (χ2n) is 4.59. The smallest absolute Gasteiger partial charge is 0.0670 e. The lowest BCUT2D eigenvalue weighted by Gasteiger charge is -2.26. The summed E-state index contributed by atoms with van der Waals surface area (Å²) in [4.78, 5) is 2.42. The first kappa shape index (κ1) is 12.7. The maximum Gasteiger partial charge on any atom is 0.0670 e. The lowest BCUT2D eigenvalue weighted by Crippen LogP contribution is -2.34. The Morgan fingerprint density at radius 3 is 2.33 bits per heavy atom. The highest BCUT2D eigenvalue weighted by atomic mass is 16.3. The van der Waals surface area contributed by atoms with Crippen molar-refractivity contribution in [1.29, 1.82) is 0 Å². The van der Waals surface area contributed by atoms with Crippen molar-refractivity contribution in [2.75, 3.05) is 19.6 Å². The number of β-amino-alcohol motifs (C(OH)–C–C–N with tert-alkyl or cyclic N) is 1. The molecule has 1 fully saturated rings. The van der Waals surface area contributed by atoms with Crippen molar-refractivity contribution in [1.82, 2.24) is 4.90 Å². The molecule has 0 saturated carbocycles. The maximum atomic E-state index is 9.81. The molecule has 88 valence electrons. The van der Waals surface area contributed by atoms with Crippen LogP contribution in [0.1, 0.15) is 44.9 Å². The number of allylic oxidation sites excluding steroid dienone is 1. The minimum Gasteiger partial charge on any atom is -0.392 e. The minimum absolute atomic E-state index is 0.164. The van der Waals surface area contributed by atoms with Crippen molar-refractivity contribution in [3.05, 3.63) is 12.7 Å². The van der Waals surface area contributed by atoms with Gasteiger partial charge in [-0.1, -0.05) is 25.3 Å². The Morgan fingerprint density at radius 2 is 1.73 bits per heavy atom. The van der Waals surface area contributed by atoms with Gasteiger partial charge in [-0.25, -0.2) is 0 Å². The molecule has 1 aliphatic rings. The molecule has 15 heavy (non-hydrogen) atoms. The summed E-state index contributed by atoms with van der Waals surface area (Å²) in [5.74, 6) is 0. The van der Waals surface area contributed by atoms with Crippen LogP contribution in [0.2, 0.25) is 0 Å². The SMILES string of the molecule is C=CCCC(O)CN1CCCCCCC1. The van der Waals surface area contributed by atoms with Gasteiger partial charge < -0.3 is 10.0 Å². The molecule has 0 spiro atoms. The van der Waals surface area contributed by atoms with E-state index in [-0.39, 0.29) is 6.10 Å². The largest absolute Gasteiger partial charge is 0.392 e. The molecule has 0 aromatic rings. The first-order chi connectivity index (χ1) is 7.33. The third-order valence-electron chi connectivity index (χ3n) is 3.12. The monoisotopic (exact) mass is 211 g/mol. The summed E-state index contributed by atoms with van der Waals surface area (Å²) < 4.78 is 0. The summed E-state index contributed by atoms with van der Waals surface area (Å²) in [5, 5.41) is 9.81. The Kier molecular flexibility index (Phi) is 6.69. The number of rotatable bonds is 5. The molecule has 1 aliphatic heterocycles. The van der Waals surface area contributed by atoms with E-state index in [1.54, 1.807) is 0 Å². The molecule has 0 aliphatic carbocycles. The van der Waals surface area contributed by atoms with Crippen LogP contribution in [0.25, 0.3) is 0 Å². The summed E-state index contributed by atoms with van der Waals surface area (Å²) in [6, 6.07) is 0. The number of nitrogens with zero attached hydrogens (tertiary/aromatic N) is 1. The second-order valence-corrected chi connectivity index (χ2v) is 4.59. The van der Waals surface area contributed by atoms with Crippen LogP contribution in [0.5, 0.6) is 0 Å². The van der Waals surface area contributed by atoms with E-state index < -0.39 is 0 Å². The fourth-order valence-corrected chi connectivity index (χ4v) is 2.20. The lowest BCUT2D eigenvalue weighted by atomic mass is 10.1. The van der Waals surface area contributed by atoms with Gasteiger partial charge in [-0.3, -0.25) is 0 Å². The van der Waals surface area contributed by atoms with Crippen LogP contribution < -0.4 is 0 Å². The van der Waals surface area contributed by atoms with Crippen LogP contribution in [0.3, 0.4) is 0 Å². The quantitative estimate of drug-likeness (QED) is 0.707. The third-order valence-corrected chi connectivity index (χ3v) is 3.12. The minimum atomic E-state index is -0.164. The predicted octanol–water partition coefficient (Wildman–Crippen LogP) is 2.58. The standard InChI is InChI=1S/C13H25NO/c1-2-3-9-13(15)12-14-10-7-5-4-6-8-11-14/h2,13,15H,1,3-12H2. The molecule has 1 rings (SSSR count). The first-order valence-corrected chi connectivity index (χ1v) is 6.34. The van der Waals surface area contributed by atoms with Crippen molar-refractivity contribution in [3.8, 4) is 0 Å². The van der Waals surface area contributed by atoms with Crippen molar-refractivity contribution in [2.24, 2.45) is 0 Å². The fraction of sp³-hybridized carbons (Fsp3) is 0.846. The number of hydrogen-bond donors (Lipinski definition) is 1. The highest BCUT2D eigenvalue weighted by molar-refractivity contribution is 4.72. The molecule has 1 saturated heterocycles. The molecule has 0 aromatic carbocycles. The Balaban J connectivity index is 2.18. The van der Waals surface area contributed by atoms with Crippen molar-refractivity contribution in [2.45, 2.75) is 51.0 Å². The molecule has 2 nitrogen and oxygen atoms in total. The molecular weight excluding hydrogens is 186 g/mol. The van der Waals surface area contributed by atoms with E-state index in [4.69, 9.17) is 0 Å². The number of aliphatic hydroxyl groups excluding tert-OH is 1. The highest BCUT2D eigenvalue weighted by Crippen LogP contribution is 2.11. The van der Waals surface area contributed by atoms with Gasteiger partial charge in [0.15, 0.2) is 0 Å². The molecule has 2 heteroatoms. The molecule has 0 radical (unpaired) electrons. The fourth-order valence-electron chi connectivity index (χ4n) is 2.20. The number of hydrogen-bond acceptors (Lipinski definition) is 2. The third kappa shape index (κ3) is 5.95. The molecule has 0 bridgehead atoms. The summed E-state index contributed by atoms with van der Waals surface area (Å²) in [7, 11) is 0. The van der Waals surface area contributed by atoms with Crippen LogP contribution in [0, 0.1) is 0 Å². The van der Waals surface area contributed by atoms with Gasteiger partial charge in [-0.05, 0) is 38.8 Å². The summed E-state index contributed by atoms with van der Waals surface area (Å²) in [6.45, 7) is 6.88. The van der Waals surface area contributed by atoms with Gasteiger partial charge in [0.05, 0.1) is 6.10 Å². The Morgan fingerprint density at radius 1 is 1.13 bits per heavy atom. The first-order valence-electron chi connectivity index (χ1n) is 6.34. The van der Waals surface area contributed by atoms with Gasteiger partial charge in [-0.2, -0.15) is 0 Å². The van der Waals surface area contributed by atoms with Crippen LogP contribution in [0.4, 0.5) is 0 Å². The van der Waals surface area contributed by atoms with E-state index in [1.807, 2.05) is 6.08 Å². The molecular formula is C13H25NO. The van der Waals surface area contributed by atoms with E-state index in [9.17, 15) is 5.11 Å². The average Bonchev–Trinajstić information content (AvgIpc) is 2.19. The molecule has 1 heterocycles. The van der Waals surface area contributed by atoms with E-state index in [0.717, 1.165) is 19.4 Å². The number of aliphatic hydroxyl groups is 1. The van der Waals surface area contributed by atoms with Crippen LogP contribution in [-0.2, 0) is 0 Å². The lowest BCUT2D eigenvalue weighted by molar-refractivity contribution is 0.101. The van der Waals surface area contributed by atoms with Gasteiger partial charge in [0.1, 0.15) is 0 Å². The van der Waals surface area contributed by atoms with Gasteiger partial charge in [0.25, 0.3) is 0 Å². The van der Waals surface area contributed by atoms with Crippen molar-refractivity contribution in [3.63, 3.8) is 0 Å². The molecule has 0 aromatic heterocycles. The van der Waals surface area contributed by atoms with E-state index in [2.05, 4.69) is 11.5 Å². The van der Waals surface area contributed by atoms with Crippen molar-refractivity contribution >= 4 is 0 Å². The van der Waals surface area contributed by atoms with Gasteiger partial charge in [-0.15, -0.1) is 6.58 Å². The zero-order valence-corrected chi connectivity index (χ0v) is 9.83. The van der Waals surface area contributed by atoms with E-state index >= 15 is 0 Å². The van der Waals surface area contributed by atoms with Gasteiger partial charge >= 0.3 is 0 Å². The number of likely N-dealkylation sites (tertiary alicyclic amines) is 1. The Bertz CT molecular complexity index is 162. The van der Waals surface area contributed by atoms with Gasteiger partial charge in [0.2, 0.25) is 0 Å². The summed E-state index contributed by atoms with van der Waals surface area (Å²) in [5.41, 5.74) is 0. The topological polar surface area (TPSA) is 23.5 Å². The van der Waals surface area contributed by atoms with Crippen LogP contribution >= 0.6 is 0 Å². The Hall–Kier alpha value is -0.340. The summed E-state index contributed by atoms with van der Waals surface area (Å²) >= 11 is 0. The zero-order chi connectivity index (χ0) is 10.9. The molecule has 1 N–H and O–H groups in total. The zero-order valence-electron chi connectivity index (χ0n) is 9.83. The Labute approximate surface area is 94.0 Å². The van der Waals surface area contributed by atoms with Gasteiger partial charge in [0, 0.05) is 6.54 Å². The molecule has 0 amide bonds.